The molecule has 1 aliphatic rings. The number of carbonyl (C=O) groups is 1. The predicted molar refractivity (Wildman–Crippen MR) is 117 cm³/mol. The van der Waals surface area contributed by atoms with Crippen LogP contribution in [0.3, 0.4) is 0 Å². The molecule has 0 saturated carbocycles. The highest BCUT2D eigenvalue weighted by atomic mass is 79.9. The van der Waals surface area contributed by atoms with Gasteiger partial charge in [0.05, 0.1) is 23.8 Å². The number of nitrogens with zero attached hydrogens (tertiary/aromatic N) is 3. The molecular weight excluding hydrogens is 456 g/mol. The second kappa shape index (κ2) is 9.67. The Morgan fingerprint density at radius 1 is 1.38 bits per heavy atom. The molecule has 1 aliphatic heterocycles. The van der Waals surface area contributed by atoms with Crippen LogP contribution in [0.4, 0.5) is 5.95 Å². The number of rotatable bonds is 8. The first kappa shape index (κ1) is 21.7. The molecule has 0 aliphatic carbocycles. The van der Waals surface area contributed by atoms with E-state index in [0.29, 0.717) is 23.3 Å². The van der Waals surface area contributed by atoms with Crippen molar-refractivity contribution in [2.75, 3.05) is 24.8 Å². The number of unbranched alkanes of at least 4 members (excludes halogenated alkanes) is 1. The number of esters is 1. The fourth-order valence-electron chi connectivity index (χ4n) is 3.13. The number of hydrogen-bond acceptors (Lipinski definition) is 7. The number of allylic oxidation sites excluding steroid dienone is 1. The summed E-state index contributed by atoms with van der Waals surface area (Å²) >= 11 is 5.10. The van der Waals surface area contributed by atoms with Gasteiger partial charge < -0.3 is 14.8 Å². The zero-order valence-electron chi connectivity index (χ0n) is 17.0. The summed E-state index contributed by atoms with van der Waals surface area (Å²) in [5.41, 5.74) is 2.14. The van der Waals surface area contributed by atoms with Gasteiger partial charge >= 0.3 is 5.97 Å². The molecule has 0 saturated heterocycles. The summed E-state index contributed by atoms with van der Waals surface area (Å²) in [5, 5.41) is 8.53. The molecule has 1 atom stereocenters. The third-order valence-corrected chi connectivity index (χ3v) is 5.89. The first-order valence-corrected chi connectivity index (χ1v) is 11.4. The molecule has 0 radical (unpaired) electrons. The molecule has 1 unspecified atom stereocenters. The van der Waals surface area contributed by atoms with Gasteiger partial charge in [0.1, 0.15) is 11.8 Å². The van der Waals surface area contributed by atoms with E-state index in [1.54, 1.807) is 23.6 Å². The predicted octanol–water partition coefficient (Wildman–Crippen LogP) is 4.79. The molecule has 2 heterocycles. The van der Waals surface area contributed by atoms with E-state index in [4.69, 9.17) is 9.47 Å². The highest BCUT2D eigenvalue weighted by molar-refractivity contribution is 9.10. The summed E-state index contributed by atoms with van der Waals surface area (Å²) in [6.45, 7) is 6.38. The van der Waals surface area contributed by atoms with Gasteiger partial charge in [0.15, 0.2) is 0 Å². The van der Waals surface area contributed by atoms with Crippen LogP contribution in [0.1, 0.15) is 45.2 Å². The van der Waals surface area contributed by atoms with Crippen LogP contribution in [0.2, 0.25) is 0 Å². The Kier molecular flexibility index (Phi) is 7.23. The second-order valence-electron chi connectivity index (χ2n) is 6.55. The zero-order valence-corrected chi connectivity index (χ0v) is 19.4. The third kappa shape index (κ3) is 4.61. The van der Waals surface area contributed by atoms with Crippen molar-refractivity contribution >= 4 is 39.6 Å². The molecule has 0 bridgehead atoms. The molecule has 0 spiro atoms. The fourth-order valence-corrected chi connectivity index (χ4v) is 4.25. The first-order chi connectivity index (χ1) is 14.0. The number of fused-ring (bicyclic) bond motifs is 1. The van der Waals surface area contributed by atoms with Crippen molar-refractivity contribution in [2.45, 2.75) is 44.8 Å². The molecule has 29 heavy (non-hydrogen) atoms. The van der Waals surface area contributed by atoms with Crippen molar-refractivity contribution in [1.82, 2.24) is 14.8 Å². The van der Waals surface area contributed by atoms with E-state index in [0.717, 1.165) is 40.1 Å². The van der Waals surface area contributed by atoms with E-state index < -0.39 is 6.04 Å². The van der Waals surface area contributed by atoms with E-state index in [-0.39, 0.29) is 5.97 Å². The number of ether oxygens (including phenoxy) is 2. The quantitative estimate of drug-likeness (QED) is 0.330. The summed E-state index contributed by atoms with van der Waals surface area (Å²) in [4.78, 5) is 17.6. The summed E-state index contributed by atoms with van der Waals surface area (Å²) in [6.07, 6.45) is 1.79. The van der Waals surface area contributed by atoms with Crippen LogP contribution < -0.4 is 10.1 Å². The van der Waals surface area contributed by atoms with E-state index >= 15 is 0 Å². The van der Waals surface area contributed by atoms with Crippen molar-refractivity contribution in [2.24, 2.45) is 0 Å². The maximum absolute atomic E-state index is 13.0. The molecule has 156 valence electrons. The van der Waals surface area contributed by atoms with E-state index in [9.17, 15) is 4.79 Å². The molecule has 1 aromatic carbocycles. The van der Waals surface area contributed by atoms with Crippen LogP contribution in [0, 0.1) is 0 Å². The van der Waals surface area contributed by atoms with Crippen molar-refractivity contribution in [1.29, 1.82) is 0 Å². The summed E-state index contributed by atoms with van der Waals surface area (Å²) in [6, 6.07) is 5.31. The number of benzene rings is 1. The summed E-state index contributed by atoms with van der Waals surface area (Å²) < 4.78 is 13.5. The first-order valence-electron chi connectivity index (χ1n) is 9.57. The molecule has 1 N–H and O–H groups in total. The van der Waals surface area contributed by atoms with Gasteiger partial charge in [-0.1, -0.05) is 38.1 Å². The van der Waals surface area contributed by atoms with E-state index in [1.165, 1.54) is 0 Å². The number of halogens is 1. The molecule has 0 amide bonds. The van der Waals surface area contributed by atoms with E-state index in [2.05, 4.69) is 45.2 Å². The highest BCUT2D eigenvalue weighted by Gasteiger charge is 2.35. The van der Waals surface area contributed by atoms with Crippen LogP contribution in [0.25, 0.3) is 0 Å². The fraction of sp³-hybridized carbons (Fsp3) is 0.450. The smallest absolute Gasteiger partial charge is 0.338 e. The number of anilines is 1. The number of aromatic nitrogens is 3. The molecule has 3 rings (SSSR count). The Labute approximate surface area is 183 Å². The minimum Gasteiger partial charge on any atom is -0.496 e. The van der Waals surface area contributed by atoms with Gasteiger partial charge in [-0.05, 0) is 52.7 Å². The average molecular weight is 481 g/mol. The Hall–Kier alpha value is -2.00. The Bertz CT molecular complexity index is 928. The molecule has 0 fully saturated rings. The van der Waals surface area contributed by atoms with Crippen molar-refractivity contribution in [3.8, 4) is 5.75 Å². The standard InChI is InChI=1S/C20H25BrN4O3S/c1-5-7-10-28-18(26)16-12(3)22-19-23-20(29-6-2)24-25(19)17(16)13-8-9-15(27-4)14(21)11-13/h8-9,11,17H,5-7,10H2,1-4H3,(H,22,23,24). The third-order valence-electron chi connectivity index (χ3n) is 4.55. The summed E-state index contributed by atoms with van der Waals surface area (Å²) in [7, 11) is 1.62. The lowest BCUT2D eigenvalue weighted by Gasteiger charge is -2.28. The number of hydrogen-bond donors (Lipinski definition) is 1. The minimum absolute atomic E-state index is 0.341. The van der Waals surface area contributed by atoms with Crippen LogP contribution in [0.5, 0.6) is 5.75 Å². The van der Waals surface area contributed by atoms with Gasteiger partial charge in [-0.15, -0.1) is 5.10 Å². The molecular formula is C20H25BrN4O3S. The lowest BCUT2D eigenvalue weighted by atomic mass is 9.95. The van der Waals surface area contributed by atoms with Crippen molar-refractivity contribution in [3.63, 3.8) is 0 Å². The maximum atomic E-state index is 13.0. The number of carbonyl (C=O) groups excluding carboxylic acids is 1. The van der Waals surface area contributed by atoms with Gasteiger partial charge in [-0.2, -0.15) is 4.98 Å². The van der Waals surface area contributed by atoms with Crippen LogP contribution in [0.15, 0.2) is 39.1 Å². The second-order valence-corrected chi connectivity index (χ2v) is 8.63. The molecule has 9 heteroatoms. The van der Waals surface area contributed by atoms with Crippen LogP contribution in [-0.2, 0) is 9.53 Å². The molecule has 2 aromatic rings. The number of methoxy groups -OCH3 is 1. The van der Waals surface area contributed by atoms with Crippen LogP contribution in [-0.4, -0.2) is 40.2 Å². The lowest BCUT2D eigenvalue weighted by molar-refractivity contribution is -0.139. The Morgan fingerprint density at radius 3 is 2.83 bits per heavy atom. The van der Waals surface area contributed by atoms with Gasteiger partial charge in [-0.3, -0.25) is 0 Å². The average Bonchev–Trinajstić information content (AvgIpc) is 3.09. The van der Waals surface area contributed by atoms with Crippen molar-refractivity contribution in [3.05, 3.63) is 39.5 Å². The van der Waals surface area contributed by atoms with Gasteiger partial charge in [0.2, 0.25) is 11.1 Å². The number of thioether (sulfide) groups is 1. The monoisotopic (exact) mass is 480 g/mol. The highest BCUT2D eigenvalue weighted by Crippen LogP contribution is 2.39. The van der Waals surface area contributed by atoms with Gasteiger partial charge in [0.25, 0.3) is 0 Å². The normalized spacial score (nSPS) is 15.7. The maximum Gasteiger partial charge on any atom is 0.338 e. The molecule has 7 nitrogen and oxygen atoms in total. The zero-order chi connectivity index (χ0) is 21.0. The lowest BCUT2D eigenvalue weighted by Crippen LogP contribution is -2.29. The van der Waals surface area contributed by atoms with Crippen LogP contribution >= 0.6 is 27.7 Å². The number of nitrogens with one attached hydrogen (secondary N) is 1. The van der Waals surface area contributed by atoms with Gasteiger partial charge in [-0.25, -0.2) is 9.48 Å². The largest absolute Gasteiger partial charge is 0.496 e. The van der Waals surface area contributed by atoms with Gasteiger partial charge in [0, 0.05) is 5.70 Å². The Balaban J connectivity index is 2.07. The van der Waals surface area contributed by atoms with Crippen molar-refractivity contribution < 1.29 is 14.3 Å². The Morgan fingerprint density at radius 2 is 2.17 bits per heavy atom. The minimum atomic E-state index is -0.443. The summed E-state index contributed by atoms with van der Waals surface area (Å²) in [5.74, 6) is 1.85. The van der Waals surface area contributed by atoms with E-state index in [1.807, 2.05) is 25.1 Å². The molecule has 1 aromatic heterocycles. The topological polar surface area (TPSA) is 78.3 Å². The SMILES string of the molecule is CCCCOC(=O)C1=C(C)Nc2nc(SCC)nn2C1c1ccc(OC)c(Br)c1.